The van der Waals surface area contributed by atoms with Crippen LogP contribution in [-0.2, 0) is 14.3 Å². The second-order valence-corrected chi connectivity index (χ2v) is 5.56. The third kappa shape index (κ3) is 3.59. The van der Waals surface area contributed by atoms with Crippen molar-refractivity contribution in [1.82, 2.24) is 4.90 Å². The van der Waals surface area contributed by atoms with Crippen molar-refractivity contribution in [3.63, 3.8) is 0 Å². The van der Waals surface area contributed by atoms with Crippen LogP contribution in [0.3, 0.4) is 0 Å². The van der Waals surface area contributed by atoms with Gasteiger partial charge in [0.15, 0.2) is 6.61 Å². The highest BCUT2D eigenvalue weighted by atomic mass is 32.2. The monoisotopic (exact) mass is 323 g/mol. The number of likely N-dealkylation sites (tertiary alicyclic amines) is 1. The summed E-state index contributed by atoms with van der Waals surface area (Å²) in [5.41, 5.74) is 0.251. The third-order valence-electron chi connectivity index (χ3n) is 3.33. The molecule has 0 unspecified atom stereocenters. The lowest BCUT2D eigenvalue weighted by Crippen LogP contribution is -2.35. The number of esters is 1. The molecule has 0 N–H and O–H groups in total. The molecular weight excluding hydrogens is 306 g/mol. The summed E-state index contributed by atoms with van der Waals surface area (Å²) in [5, 5.41) is 0. The number of carbonyl (C=O) groups excluding carboxylic acids is 3. The summed E-state index contributed by atoms with van der Waals surface area (Å²) < 4.78 is 10.2. The van der Waals surface area contributed by atoms with E-state index in [-0.39, 0.29) is 11.5 Å². The largest absolute Gasteiger partial charge is 0.496 e. The number of amides is 2. The number of thioether (sulfide) groups is 1. The van der Waals surface area contributed by atoms with E-state index >= 15 is 0 Å². The number of methoxy groups -OCH3 is 1. The molecule has 0 spiro atoms. The summed E-state index contributed by atoms with van der Waals surface area (Å²) >= 11 is 1.52. The van der Waals surface area contributed by atoms with Gasteiger partial charge in [0.2, 0.25) is 5.91 Å². The predicted octanol–water partition coefficient (Wildman–Crippen LogP) is 1.72. The van der Waals surface area contributed by atoms with Gasteiger partial charge in [0.25, 0.3) is 5.91 Å². The molecule has 1 saturated heterocycles. The molecule has 2 amide bonds. The van der Waals surface area contributed by atoms with E-state index in [2.05, 4.69) is 0 Å². The van der Waals surface area contributed by atoms with Gasteiger partial charge in [-0.05, 0) is 30.9 Å². The van der Waals surface area contributed by atoms with Crippen LogP contribution >= 0.6 is 11.8 Å². The first-order chi connectivity index (χ1) is 10.6. The van der Waals surface area contributed by atoms with Crippen molar-refractivity contribution in [3.05, 3.63) is 23.8 Å². The van der Waals surface area contributed by atoms with Crippen molar-refractivity contribution in [2.24, 2.45) is 0 Å². The first-order valence-electron chi connectivity index (χ1n) is 6.79. The topological polar surface area (TPSA) is 72.9 Å². The second-order valence-electron chi connectivity index (χ2n) is 4.69. The highest BCUT2D eigenvalue weighted by Crippen LogP contribution is 2.26. The first kappa shape index (κ1) is 16.4. The van der Waals surface area contributed by atoms with Crippen LogP contribution in [0.1, 0.15) is 23.2 Å². The summed E-state index contributed by atoms with van der Waals surface area (Å²) in [6, 6.07) is 5.10. The highest BCUT2D eigenvalue weighted by molar-refractivity contribution is 7.98. The molecular formula is C15H17NO5S. The van der Waals surface area contributed by atoms with Crippen LogP contribution in [0.2, 0.25) is 0 Å². The maximum atomic E-state index is 12.1. The average Bonchev–Trinajstić information content (AvgIpc) is 2.97. The summed E-state index contributed by atoms with van der Waals surface area (Å²) in [4.78, 5) is 37.4. The minimum atomic E-state index is -0.649. The fourth-order valence-electron chi connectivity index (χ4n) is 2.16. The number of hydrogen-bond donors (Lipinski definition) is 0. The molecule has 118 valence electrons. The zero-order chi connectivity index (χ0) is 16.1. The molecule has 1 aromatic carbocycles. The Kier molecular flexibility index (Phi) is 5.43. The molecule has 0 radical (unpaired) electrons. The number of rotatable bonds is 5. The lowest BCUT2D eigenvalue weighted by molar-refractivity contribution is -0.143. The van der Waals surface area contributed by atoms with E-state index in [4.69, 9.17) is 9.47 Å². The van der Waals surface area contributed by atoms with Crippen LogP contribution in [0.5, 0.6) is 5.75 Å². The molecule has 6 nitrogen and oxygen atoms in total. The zero-order valence-corrected chi connectivity index (χ0v) is 13.3. The zero-order valence-electron chi connectivity index (χ0n) is 12.5. The number of carbonyl (C=O) groups is 3. The average molecular weight is 323 g/mol. The molecule has 1 aliphatic heterocycles. The van der Waals surface area contributed by atoms with Gasteiger partial charge in [-0.25, -0.2) is 4.79 Å². The molecule has 0 atom stereocenters. The Bertz CT molecular complexity index is 602. The van der Waals surface area contributed by atoms with Crippen molar-refractivity contribution in [2.45, 2.75) is 17.7 Å². The number of ether oxygens (including phenoxy) is 2. The Balaban J connectivity index is 2.00. The van der Waals surface area contributed by atoms with Gasteiger partial charge >= 0.3 is 5.97 Å². The number of nitrogens with zero attached hydrogens (tertiary/aromatic N) is 1. The smallest absolute Gasteiger partial charge is 0.342 e. The summed E-state index contributed by atoms with van der Waals surface area (Å²) in [5.74, 6) is -0.968. The molecule has 1 fully saturated rings. The molecule has 0 aliphatic carbocycles. The van der Waals surface area contributed by atoms with Crippen LogP contribution in [-0.4, -0.2) is 49.2 Å². The van der Waals surface area contributed by atoms with Crippen LogP contribution in [0.25, 0.3) is 0 Å². The van der Waals surface area contributed by atoms with E-state index in [1.807, 2.05) is 6.26 Å². The Morgan fingerprint density at radius 3 is 2.73 bits per heavy atom. The van der Waals surface area contributed by atoms with Gasteiger partial charge in [-0.3, -0.25) is 14.5 Å². The Morgan fingerprint density at radius 2 is 2.14 bits per heavy atom. The van der Waals surface area contributed by atoms with Gasteiger partial charge in [0, 0.05) is 17.9 Å². The van der Waals surface area contributed by atoms with Crippen LogP contribution < -0.4 is 4.74 Å². The second kappa shape index (κ2) is 7.31. The quantitative estimate of drug-likeness (QED) is 0.607. The van der Waals surface area contributed by atoms with Gasteiger partial charge in [0.1, 0.15) is 11.3 Å². The molecule has 1 aromatic rings. The van der Waals surface area contributed by atoms with E-state index in [0.29, 0.717) is 25.1 Å². The lowest BCUT2D eigenvalue weighted by atomic mass is 10.2. The molecule has 0 bridgehead atoms. The van der Waals surface area contributed by atoms with E-state index < -0.39 is 18.5 Å². The summed E-state index contributed by atoms with van der Waals surface area (Å²) in [7, 11) is 1.46. The fraction of sp³-hybridized carbons (Fsp3) is 0.400. The molecule has 7 heteroatoms. The van der Waals surface area contributed by atoms with Gasteiger partial charge < -0.3 is 9.47 Å². The van der Waals surface area contributed by atoms with E-state index in [0.717, 1.165) is 9.80 Å². The fourth-order valence-corrected chi connectivity index (χ4v) is 2.59. The van der Waals surface area contributed by atoms with Crippen molar-refractivity contribution in [2.75, 3.05) is 26.5 Å². The van der Waals surface area contributed by atoms with Crippen molar-refractivity contribution in [3.8, 4) is 5.75 Å². The highest BCUT2D eigenvalue weighted by Gasteiger charge is 2.27. The molecule has 0 saturated carbocycles. The summed E-state index contributed by atoms with van der Waals surface area (Å²) in [6.07, 6.45) is 2.94. The number of benzene rings is 1. The molecule has 2 rings (SSSR count). The van der Waals surface area contributed by atoms with Gasteiger partial charge in [-0.2, -0.15) is 0 Å². The minimum Gasteiger partial charge on any atom is -0.496 e. The molecule has 0 aromatic heterocycles. The van der Waals surface area contributed by atoms with Crippen LogP contribution in [0.15, 0.2) is 23.1 Å². The van der Waals surface area contributed by atoms with Gasteiger partial charge in [-0.15, -0.1) is 11.8 Å². The molecule has 1 aliphatic rings. The minimum absolute atomic E-state index is 0.219. The SMILES string of the molecule is COc1cc(SC)ccc1C(=O)OCC(=O)N1CCCC1=O. The molecule has 22 heavy (non-hydrogen) atoms. The maximum absolute atomic E-state index is 12.1. The maximum Gasteiger partial charge on any atom is 0.342 e. The lowest BCUT2D eigenvalue weighted by Gasteiger charge is -2.14. The van der Waals surface area contributed by atoms with E-state index in [1.165, 1.54) is 18.9 Å². The van der Waals surface area contributed by atoms with Gasteiger partial charge in [-0.1, -0.05) is 0 Å². The standard InChI is InChI=1S/C15H17NO5S/c1-20-12-8-10(22-2)5-6-11(12)15(19)21-9-14(18)16-7-3-4-13(16)17/h5-6,8H,3-4,7,9H2,1-2H3. The van der Waals surface area contributed by atoms with Crippen molar-refractivity contribution >= 4 is 29.5 Å². The van der Waals surface area contributed by atoms with Crippen LogP contribution in [0, 0.1) is 0 Å². The summed E-state index contributed by atoms with van der Waals surface area (Å²) in [6.45, 7) is -0.0566. The Hall–Kier alpha value is -2.02. The Labute approximate surface area is 132 Å². The number of hydrogen-bond acceptors (Lipinski definition) is 6. The van der Waals surface area contributed by atoms with Gasteiger partial charge in [0.05, 0.1) is 7.11 Å². The third-order valence-corrected chi connectivity index (χ3v) is 4.06. The Morgan fingerprint density at radius 1 is 1.36 bits per heavy atom. The van der Waals surface area contributed by atoms with E-state index in [1.54, 1.807) is 18.2 Å². The predicted molar refractivity (Wildman–Crippen MR) is 81.0 cm³/mol. The van der Waals surface area contributed by atoms with Crippen LogP contribution in [0.4, 0.5) is 0 Å². The first-order valence-corrected chi connectivity index (χ1v) is 8.01. The molecule has 1 heterocycles. The number of imide groups is 1. The normalized spacial score (nSPS) is 14.1. The van der Waals surface area contributed by atoms with E-state index in [9.17, 15) is 14.4 Å². The van der Waals surface area contributed by atoms with Crippen molar-refractivity contribution in [1.29, 1.82) is 0 Å². The van der Waals surface area contributed by atoms with Crippen molar-refractivity contribution < 1.29 is 23.9 Å².